The van der Waals surface area contributed by atoms with E-state index in [2.05, 4.69) is 6.07 Å². The molecule has 0 aromatic rings. The van der Waals surface area contributed by atoms with Gasteiger partial charge in [-0.3, -0.25) is 4.79 Å². The quantitative estimate of drug-likeness (QED) is 0.663. The van der Waals surface area contributed by atoms with Crippen molar-refractivity contribution in [2.24, 2.45) is 5.92 Å². The second-order valence-corrected chi connectivity index (χ2v) is 3.37. The van der Waals surface area contributed by atoms with E-state index in [1.807, 2.05) is 6.92 Å². The van der Waals surface area contributed by atoms with E-state index in [4.69, 9.17) is 10.00 Å². The minimum Gasteiger partial charge on any atom is -0.370 e. The first kappa shape index (κ1) is 10.2. The van der Waals surface area contributed by atoms with Crippen LogP contribution < -0.4 is 0 Å². The standard InChI is InChI=1S/C10H15NO2/c1-2-4-8(7-11)10(12)9-5-3-6-13-9/h8-9H,2-6H2,1H3. The first-order valence-corrected chi connectivity index (χ1v) is 4.84. The van der Waals surface area contributed by atoms with Gasteiger partial charge in [-0.05, 0) is 19.3 Å². The molecule has 1 heterocycles. The van der Waals surface area contributed by atoms with E-state index in [9.17, 15) is 4.79 Å². The van der Waals surface area contributed by atoms with Crippen molar-refractivity contribution in [2.45, 2.75) is 38.7 Å². The zero-order valence-corrected chi connectivity index (χ0v) is 7.95. The maximum absolute atomic E-state index is 11.6. The fourth-order valence-electron chi connectivity index (χ4n) is 1.59. The minimum absolute atomic E-state index is 0.0122. The number of hydrogen-bond donors (Lipinski definition) is 0. The van der Waals surface area contributed by atoms with Crippen molar-refractivity contribution < 1.29 is 9.53 Å². The number of ether oxygens (including phenoxy) is 1. The summed E-state index contributed by atoms with van der Waals surface area (Å²) in [5, 5.41) is 8.76. The van der Waals surface area contributed by atoms with Gasteiger partial charge in [0.25, 0.3) is 0 Å². The molecule has 72 valence electrons. The van der Waals surface area contributed by atoms with E-state index >= 15 is 0 Å². The third kappa shape index (κ3) is 2.53. The highest BCUT2D eigenvalue weighted by Crippen LogP contribution is 2.18. The third-order valence-electron chi connectivity index (χ3n) is 2.32. The Labute approximate surface area is 78.7 Å². The highest BCUT2D eigenvalue weighted by molar-refractivity contribution is 5.87. The summed E-state index contributed by atoms with van der Waals surface area (Å²) in [4.78, 5) is 11.6. The van der Waals surface area contributed by atoms with E-state index in [-0.39, 0.29) is 11.9 Å². The number of hydrogen-bond acceptors (Lipinski definition) is 3. The van der Waals surface area contributed by atoms with Crippen molar-refractivity contribution in [3.63, 3.8) is 0 Å². The Morgan fingerprint density at radius 1 is 1.77 bits per heavy atom. The fourth-order valence-corrected chi connectivity index (χ4v) is 1.59. The van der Waals surface area contributed by atoms with E-state index in [1.54, 1.807) is 0 Å². The van der Waals surface area contributed by atoms with Gasteiger partial charge in [0.1, 0.15) is 12.0 Å². The maximum Gasteiger partial charge on any atom is 0.178 e. The first-order chi connectivity index (χ1) is 6.29. The molecule has 0 aliphatic carbocycles. The minimum atomic E-state index is -0.451. The lowest BCUT2D eigenvalue weighted by Crippen LogP contribution is -2.26. The Kier molecular flexibility index (Phi) is 3.91. The van der Waals surface area contributed by atoms with Crippen LogP contribution in [0.5, 0.6) is 0 Å². The van der Waals surface area contributed by atoms with Gasteiger partial charge in [0.2, 0.25) is 0 Å². The van der Waals surface area contributed by atoms with Crippen LogP contribution in [-0.2, 0) is 9.53 Å². The van der Waals surface area contributed by atoms with Gasteiger partial charge in [0.15, 0.2) is 5.78 Å². The number of rotatable bonds is 4. The van der Waals surface area contributed by atoms with Gasteiger partial charge in [0, 0.05) is 6.61 Å². The molecule has 0 bridgehead atoms. The Bertz CT molecular complexity index is 213. The zero-order valence-electron chi connectivity index (χ0n) is 7.95. The summed E-state index contributed by atoms with van der Waals surface area (Å²) in [5.41, 5.74) is 0. The van der Waals surface area contributed by atoms with E-state index in [0.717, 1.165) is 19.3 Å². The second-order valence-electron chi connectivity index (χ2n) is 3.37. The molecule has 0 radical (unpaired) electrons. The molecular weight excluding hydrogens is 166 g/mol. The van der Waals surface area contributed by atoms with Gasteiger partial charge in [-0.25, -0.2) is 0 Å². The summed E-state index contributed by atoms with van der Waals surface area (Å²) in [7, 11) is 0. The summed E-state index contributed by atoms with van der Waals surface area (Å²) in [6.45, 7) is 2.65. The summed E-state index contributed by atoms with van der Waals surface area (Å²) >= 11 is 0. The van der Waals surface area contributed by atoms with Crippen molar-refractivity contribution in [1.29, 1.82) is 5.26 Å². The monoisotopic (exact) mass is 181 g/mol. The second kappa shape index (κ2) is 4.98. The number of nitrogens with zero attached hydrogens (tertiary/aromatic N) is 1. The lowest BCUT2D eigenvalue weighted by atomic mass is 9.95. The SMILES string of the molecule is CCCC(C#N)C(=O)C1CCCO1. The van der Waals surface area contributed by atoms with Crippen molar-refractivity contribution in [2.75, 3.05) is 6.61 Å². The van der Waals surface area contributed by atoms with Crippen molar-refractivity contribution in [1.82, 2.24) is 0 Å². The molecule has 0 aromatic carbocycles. The van der Waals surface area contributed by atoms with Crippen LogP contribution in [0.3, 0.4) is 0 Å². The van der Waals surface area contributed by atoms with Gasteiger partial charge in [-0.1, -0.05) is 13.3 Å². The molecule has 0 saturated carbocycles. The molecule has 2 atom stereocenters. The fraction of sp³-hybridized carbons (Fsp3) is 0.800. The molecule has 1 aliphatic heterocycles. The average molecular weight is 181 g/mol. The Morgan fingerprint density at radius 2 is 2.54 bits per heavy atom. The molecule has 1 saturated heterocycles. The molecule has 3 nitrogen and oxygen atoms in total. The molecule has 0 amide bonds. The summed E-state index contributed by atoms with van der Waals surface area (Å²) < 4.78 is 5.24. The van der Waals surface area contributed by atoms with Crippen molar-refractivity contribution >= 4 is 5.78 Å². The van der Waals surface area contributed by atoms with Gasteiger partial charge < -0.3 is 4.74 Å². The molecule has 2 unspecified atom stereocenters. The van der Waals surface area contributed by atoms with Crippen LogP contribution in [0.1, 0.15) is 32.6 Å². The third-order valence-corrected chi connectivity index (χ3v) is 2.32. The van der Waals surface area contributed by atoms with E-state index < -0.39 is 5.92 Å². The summed E-state index contributed by atoms with van der Waals surface area (Å²) in [5.74, 6) is -0.463. The molecule has 1 aliphatic rings. The van der Waals surface area contributed by atoms with Gasteiger partial charge >= 0.3 is 0 Å². The van der Waals surface area contributed by atoms with Gasteiger partial charge in [-0.2, -0.15) is 5.26 Å². The molecule has 1 rings (SSSR count). The van der Waals surface area contributed by atoms with Crippen LogP contribution in [0, 0.1) is 17.2 Å². The van der Waals surface area contributed by atoms with Crippen LogP contribution in [0.25, 0.3) is 0 Å². The Morgan fingerprint density at radius 3 is 3.00 bits per heavy atom. The van der Waals surface area contributed by atoms with Crippen LogP contribution in [-0.4, -0.2) is 18.5 Å². The molecule has 0 aromatic heterocycles. The molecule has 0 spiro atoms. The van der Waals surface area contributed by atoms with Crippen LogP contribution >= 0.6 is 0 Å². The van der Waals surface area contributed by atoms with Crippen molar-refractivity contribution in [3.8, 4) is 6.07 Å². The predicted octanol–water partition coefficient (Wildman–Crippen LogP) is 1.67. The van der Waals surface area contributed by atoms with Crippen LogP contribution in [0.15, 0.2) is 0 Å². The predicted molar refractivity (Wildman–Crippen MR) is 48.0 cm³/mol. The summed E-state index contributed by atoms with van der Waals surface area (Å²) in [6.07, 6.45) is 2.98. The number of Topliss-reactive ketones (excluding diaryl/α,β-unsaturated/α-hetero) is 1. The largest absolute Gasteiger partial charge is 0.370 e. The number of carbonyl (C=O) groups is 1. The van der Waals surface area contributed by atoms with Crippen LogP contribution in [0.4, 0.5) is 0 Å². The lowest BCUT2D eigenvalue weighted by molar-refractivity contribution is -0.130. The molecular formula is C10H15NO2. The first-order valence-electron chi connectivity index (χ1n) is 4.84. The molecule has 0 N–H and O–H groups in total. The van der Waals surface area contributed by atoms with Crippen LogP contribution in [0.2, 0.25) is 0 Å². The summed E-state index contributed by atoms with van der Waals surface area (Å²) in [6, 6.07) is 2.05. The van der Waals surface area contributed by atoms with E-state index in [1.165, 1.54) is 0 Å². The van der Waals surface area contributed by atoms with E-state index in [0.29, 0.717) is 13.0 Å². The van der Waals surface area contributed by atoms with Gasteiger partial charge in [-0.15, -0.1) is 0 Å². The molecule has 1 fully saturated rings. The number of ketones is 1. The molecule has 13 heavy (non-hydrogen) atoms. The number of carbonyl (C=O) groups excluding carboxylic acids is 1. The smallest absolute Gasteiger partial charge is 0.178 e. The lowest BCUT2D eigenvalue weighted by Gasteiger charge is -2.11. The number of nitriles is 1. The topological polar surface area (TPSA) is 50.1 Å². The van der Waals surface area contributed by atoms with Gasteiger partial charge in [0.05, 0.1) is 6.07 Å². The molecule has 3 heteroatoms. The Balaban J connectivity index is 2.48. The normalized spacial score (nSPS) is 23.8. The highest BCUT2D eigenvalue weighted by atomic mass is 16.5. The Hall–Kier alpha value is -0.880. The highest BCUT2D eigenvalue weighted by Gasteiger charge is 2.29. The maximum atomic E-state index is 11.6. The zero-order chi connectivity index (χ0) is 9.68. The average Bonchev–Trinajstić information content (AvgIpc) is 2.65. The van der Waals surface area contributed by atoms with Crippen molar-refractivity contribution in [3.05, 3.63) is 0 Å².